The Morgan fingerprint density at radius 2 is 1.81 bits per heavy atom. The summed E-state index contributed by atoms with van der Waals surface area (Å²) in [7, 11) is 3.15. The minimum Gasteiger partial charge on any atom is -0.497 e. The molecule has 0 saturated carbocycles. The average molecular weight is 436 g/mol. The van der Waals surface area contributed by atoms with E-state index in [0.29, 0.717) is 41.5 Å². The van der Waals surface area contributed by atoms with Crippen molar-refractivity contribution in [3.63, 3.8) is 0 Å². The summed E-state index contributed by atoms with van der Waals surface area (Å²) in [5, 5.41) is 14.4. The first-order valence-electron chi connectivity index (χ1n) is 10.2. The molecule has 0 unspecified atom stereocenters. The summed E-state index contributed by atoms with van der Waals surface area (Å²) in [6.07, 6.45) is 0.855. The second-order valence-corrected chi connectivity index (χ2v) is 7.74. The third-order valence-corrected chi connectivity index (χ3v) is 5.93. The number of methoxy groups -OCH3 is 2. The van der Waals surface area contributed by atoms with Gasteiger partial charge in [-0.1, -0.05) is 12.1 Å². The Kier molecular flexibility index (Phi) is 5.01. The van der Waals surface area contributed by atoms with Crippen molar-refractivity contribution in [3.8, 4) is 11.5 Å². The van der Waals surface area contributed by atoms with E-state index in [4.69, 9.17) is 14.1 Å². The molecular formula is C23H21FN4O4. The highest BCUT2D eigenvalue weighted by Gasteiger charge is 2.38. The van der Waals surface area contributed by atoms with Gasteiger partial charge in [0.15, 0.2) is 5.78 Å². The highest BCUT2D eigenvalue weighted by Crippen LogP contribution is 2.45. The van der Waals surface area contributed by atoms with E-state index in [-0.39, 0.29) is 17.5 Å². The smallest absolute Gasteiger partial charge is 0.219 e. The van der Waals surface area contributed by atoms with Crippen molar-refractivity contribution in [2.24, 2.45) is 0 Å². The summed E-state index contributed by atoms with van der Waals surface area (Å²) in [6.45, 7) is 0. The molecule has 32 heavy (non-hydrogen) atoms. The highest BCUT2D eigenvalue weighted by molar-refractivity contribution is 6.01. The number of fused-ring (bicyclic) bond motifs is 1. The fraction of sp³-hybridized carbons (Fsp3) is 0.261. The molecule has 3 aromatic rings. The molecule has 0 fully saturated rings. The van der Waals surface area contributed by atoms with Gasteiger partial charge in [-0.05, 0) is 52.5 Å². The number of rotatable bonds is 4. The Balaban J connectivity index is 1.61. The summed E-state index contributed by atoms with van der Waals surface area (Å²) >= 11 is 0. The quantitative estimate of drug-likeness (QED) is 0.628. The fourth-order valence-electron chi connectivity index (χ4n) is 4.36. The normalized spacial score (nSPS) is 19.9. The molecule has 0 amide bonds. The molecule has 0 saturated heterocycles. The van der Waals surface area contributed by atoms with Gasteiger partial charge in [0, 0.05) is 29.3 Å². The second-order valence-electron chi connectivity index (χ2n) is 7.74. The van der Waals surface area contributed by atoms with Crippen LogP contribution in [0.3, 0.4) is 0 Å². The van der Waals surface area contributed by atoms with Crippen molar-refractivity contribution in [1.29, 1.82) is 0 Å². The van der Waals surface area contributed by atoms with Crippen molar-refractivity contribution in [3.05, 3.63) is 70.7 Å². The van der Waals surface area contributed by atoms with Gasteiger partial charge in [-0.25, -0.2) is 9.02 Å². The predicted octanol–water partition coefficient (Wildman–Crippen LogP) is 4.21. The van der Waals surface area contributed by atoms with Crippen LogP contribution in [-0.2, 0) is 4.79 Å². The number of ketones is 1. The van der Waals surface area contributed by atoms with E-state index in [0.717, 1.165) is 16.8 Å². The maximum absolute atomic E-state index is 13.5. The van der Waals surface area contributed by atoms with Gasteiger partial charge in [0.1, 0.15) is 17.3 Å². The number of Topliss-reactive ketones (excluding diaryl/α,β-unsaturated/α-hetero) is 1. The lowest BCUT2D eigenvalue weighted by molar-refractivity contribution is -0.116. The molecule has 0 radical (unpaired) electrons. The fourth-order valence-corrected chi connectivity index (χ4v) is 4.36. The number of aromatic nitrogens is 2. The summed E-state index contributed by atoms with van der Waals surface area (Å²) in [5.41, 5.74) is 2.97. The number of nitrogens with zero attached hydrogens (tertiary/aromatic N) is 2. The molecular weight excluding hydrogens is 415 g/mol. The molecule has 9 heteroatoms. The van der Waals surface area contributed by atoms with Crippen LogP contribution in [0.2, 0.25) is 0 Å². The van der Waals surface area contributed by atoms with Crippen LogP contribution in [0.4, 0.5) is 16.0 Å². The third kappa shape index (κ3) is 3.45. The van der Waals surface area contributed by atoms with Gasteiger partial charge < -0.3 is 20.1 Å². The van der Waals surface area contributed by atoms with Crippen LogP contribution in [-0.4, -0.2) is 30.3 Å². The topological polar surface area (TPSA) is 98.5 Å². The van der Waals surface area contributed by atoms with Gasteiger partial charge in [0.05, 0.1) is 20.3 Å². The van der Waals surface area contributed by atoms with Crippen LogP contribution in [0, 0.1) is 5.82 Å². The Morgan fingerprint density at radius 3 is 2.56 bits per heavy atom. The molecule has 0 bridgehead atoms. The maximum Gasteiger partial charge on any atom is 0.219 e. The van der Waals surface area contributed by atoms with Crippen LogP contribution >= 0.6 is 0 Å². The van der Waals surface area contributed by atoms with Crippen molar-refractivity contribution in [2.75, 3.05) is 24.9 Å². The largest absolute Gasteiger partial charge is 0.497 e. The van der Waals surface area contributed by atoms with Crippen molar-refractivity contribution in [1.82, 2.24) is 10.3 Å². The van der Waals surface area contributed by atoms with E-state index >= 15 is 0 Å². The van der Waals surface area contributed by atoms with E-state index in [1.807, 2.05) is 12.1 Å². The molecule has 2 aromatic carbocycles. The zero-order chi connectivity index (χ0) is 22.2. The van der Waals surface area contributed by atoms with Crippen molar-refractivity contribution >= 4 is 17.4 Å². The number of nitrogens with one attached hydrogen (secondary N) is 2. The molecule has 0 spiro atoms. The molecule has 2 atom stereocenters. The van der Waals surface area contributed by atoms with Gasteiger partial charge in [-0.15, -0.1) is 0 Å². The minimum absolute atomic E-state index is 0.0227. The minimum atomic E-state index is -0.534. The van der Waals surface area contributed by atoms with E-state index in [1.165, 1.54) is 12.1 Å². The maximum atomic E-state index is 13.5. The third-order valence-electron chi connectivity index (χ3n) is 5.93. The van der Waals surface area contributed by atoms with Crippen molar-refractivity contribution < 1.29 is 23.3 Å². The SMILES string of the molecule is COc1ccc([C@H]2Nc3nonc3NC3=C2C(=O)C[C@@H](c2ccc(F)cc2)C3)c(OC)c1. The molecule has 5 rings (SSSR count). The molecule has 164 valence electrons. The number of halogens is 1. The van der Waals surface area contributed by atoms with Crippen LogP contribution < -0.4 is 20.1 Å². The molecule has 2 aliphatic rings. The number of allylic oxidation sites excluding steroid dienone is 1. The zero-order valence-electron chi connectivity index (χ0n) is 17.5. The Hall–Kier alpha value is -3.88. The number of ether oxygens (including phenoxy) is 2. The zero-order valence-corrected chi connectivity index (χ0v) is 17.5. The molecule has 2 heterocycles. The Morgan fingerprint density at radius 1 is 1.03 bits per heavy atom. The van der Waals surface area contributed by atoms with E-state index in [1.54, 1.807) is 32.4 Å². The number of carbonyl (C=O) groups is 1. The van der Waals surface area contributed by atoms with Gasteiger partial charge >= 0.3 is 0 Å². The number of carbonyl (C=O) groups excluding carboxylic acids is 1. The summed E-state index contributed by atoms with van der Waals surface area (Å²) < 4.78 is 29.2. The van der Waals surface area contributed by atoms with Crippen molar-refractivity contribution in [2.45, 2.75) is 24.8 Å². The lowest BCUT2D eigenvalue weighted by atomic mass is 9.78. The number of hydrogen-bond donors (Lipinski definition) is 2. The molecule has 1 aliphatic carbocycles. The second kappa shape index (κ2) is 7.99. The Labute approximate surface area is 183 Å². The lowest BCUT2D eigenvalue weighted by Gasteiger charge is -2.30. The first kappa shape index (κ1) is 20.0. The van der Waals surface area contributed by atoms with Crippen LogP contribution in [0.5, 0.6) is 11.5 Å². The van der Waals surface area contributed by atoms with E-state index in [2.05, 4.69) is 20.9 Å². The van der Waals surface area contributed by atoms with Gasteiger partial charge in [-0.3, -0.25) is 4.79 Å². The number of benzene rings is 2. The summed E-state index contributed by atoms with van der Waals surface area (Å²) in [5.74, 6) is 1.59. The molecule has 2 N–H and O–H groups in total. The highest BCUT2D eigenvalue weighted by atomic mass is 19.1. The lowest BCUT2D eigenvalue weighted by Crippen LogP contribution is -2.27. The monoisotopic (exact) mass is 436 g/mol. The van der Waals surface area contributed by atoms with Gasteiger partial charge in [0.2, 0.25) is 11.6 Å². The van der Waals surface area contributed by atoms with Crippen LogP contribution in [0.25, 0.3) is 0 Å². The standard InChI is InChI=1S/C23H21FN4O4/c1-30-15-7-8-16(19(11-15)31-2)21-20-17(25-22-23(26-21)28-32-27-22)9-13(10-18(20)29)12-3-5-14(24)6-4-12/h3-8,11,13,21H,9-10H2,1-2H3,(H,25,27)(H,26,28)/t13-,21+/m0/s1. The first-order chi connectivity index (χ1) is 15.6. The molecule has 8 nitrogen and oxygen atoms in total. The van der Waals surface area contributed by atoms with Crippen LogP contribution in [0.15, 0.2) is 58.4 Å². The average Bonchev–Trinajstić information content (AvgIpc) is 3.17. The first-order valence-corrected chi connectivity index (χ1v) is 10.2. The summed E-state index contributed by atoms with van der Waals surface area (Å²) in [4.78, 5) is 13.5. The summed E-state index contributed by atoms with van der Waals surface area (Å²) in [6, 6.07) is 11.2. The van der Waals surface area contributed by atoms with Gasteiger partial charge in [0.25, 0.3) is 0 Å². The van der Waals surface area contributed by atoms with E-state index < -0.39 is 6.04 Å². The Bertz CT molecular complexity index is 1200. The number of anilines is 2. The van der Waals surface area contributed by atoms with Gasteiger partial charge in [-0.2, -0.15) is 0 Å². The molecule has 1 aliphatic heterocycles. The number of hydrogen-bond acceptors (Lipinski definition) is 8. The van der Waals surface area contributed by atoms with E-state index in [9.17, 15) is 9.18 Å². The van der Waals surface area contributed by atoms with Crippen LogP contribution in [0.1, 0.15) is 35.9 Å². The predicted molar refractivity (Wildman–Crippen MR) is 114 cm³/mol. The molecule has 1 aromatic heterocycles.